The summed E-state index contributed by atoms with van der Waals surface area (Å²) in [6.45, 7) is 3.90. The summed E-state index contributed by atoms with van der Waals surface area (Å²) in [7, 11) is -3.69. The second-order valence-corrected chi connectivity index (χ2v) is 9.19. The lowest BCUT2D eigenvalue weighted by Gasteiger charge is -2.14. The van der Waals surface area contributed by atoms with Gasteiger partial charge in [-0.15, -0.1) is 0 Å². The van der Waals surface area contributed by atoms with Crippen LogP contribution in [0.3, 0.4) is 0 Å². The van der Waals surface area contributed by atoms with E-state index in [0.717, 1.165) is 5.56 Å². The Morgan fingerprint density at radius 1 is 1.09 bits per heavy atom. The van der Waals surface area contributed by atoms with Crippen molar-refractivity contribution in [1.82, 2.24) is 10.0 Å². The number of carbonyl (C=O) groups is 2. The minimum Gasteiger partial charge on any atom is -0.481 e. The van der Waals surface area contributed by atoms with Crippen LogP contribution in [0.1, 0.15) is 47.7 Å². The maximum Gasteiger partial charge on any atom is 0.305 e. The van der Waals surface area contributed by atoms with Gasteiger partial charge < -0.3 is 10.4 Å². The van der Waals surface area contributed by atoms with Gasteiger partial charge in [0.15, 0.2) is 0 Å². The van der Waals surface area contributed by atoms with Crippen molar-refractivity contribution in [3.05, 3.63) is 75.7 Å². The number of rotatable bonds is 11. The summed E-state index contributed by atoms with van der Waals surface area (Å²) in [6.07, 6.45) is -0.386. The number of aliphatic carboxylic acids is 1. The van der Waals surface area contributed by atoms with Gasteiger partial charge in [0.2, 0.25) is 10.0 Å². The summed E-state index contributed by atoms with van der Waals surface area (Å²) in [4.78, 5) is 26.0. The van der Waals surface area contributed by atoms with E-state index in [-0.39, 0.29) is 30.0 Å². The largest absolute Gasteiger partial charge is 0.481 e. The first-order valence-corrected chi connectivity index (χ1v) is 11.3. The number of hydrogen-bond donors (Lipinski definition) is 3. The molecule has 0 saturated carbocycles. The maximum absolute atomic E-state index is 12.5. The number of sulfonamides is 1. The Morgan fingerprint density at radius 3 is 2.25 bits per heavy atom. The molecule has 0 bridgehead atoms. The number of carboxylic acid groups (broad SMARTS) is 1. The normalized spacial score (nSPS) is 12.1. The highest BCUT2D eigenvalue weighted by Gasteiger charge is 2.17. The van der Waals surface area contributed by atoms with Crippen molar-refractivity contribution in [2.75, 3.05) is 6.54 Å². The highest BCUT2D eigenvalue weighted by atomic mass is 32.2. The fourth-order valence-electron chi connectivity index (χ4n) is 2.84. The van der Waals surface area contributed by atoms with E-state index < -0.39 is 27.9 Å². The van der Waals surface area contributed by atoms with Gasteiger partial charge in [-0.1, -0.05) is 43.2 Å². The molecule has 3 N–H and O–H groups in total. The van der Waals surface area contributed by atoms with Crippen LogP contribution in [0.5, 0.6) is 0 Å². The minimum atomic E-state index is -3.69. The quantitative estimate of drug-likeness (QED) is 0.267. The van der Waals surface area contributed by atoms with E-state index in [2.05, 4.69) is 20.1 Å². The molecule has 0 aliphatic rings. The second kappa shape index (κ2) is 11.3. The van der Waals surface area contributed by atoms with Gasteiger partial charge >= 0.3 is 5.97 Å². The van der Waals surface area contributed by atoms with E-state index in [1.807, 2.05) is 13.8 Å². The number of amides is 1. The first kappa shape index (κ1) is 24.9. The molecule has 1 atom stereocenters. The number of carboxylic acids is 1. The van der Waals surface area contributed by atoms with Gasteiger partial charge in [-0.3, -0.25) is 9.59 Å². The van der Waals surface area contributed by atoms with Gasteiger partial charge in [-0.2, -0.15) is 0 Å². The third kappa shape index (κ3) is 7.38. The summed E-state index contributed by atoms with van der Waals surface area (Å²) in [6, 6.07) is 12.0. The summed E-state index contributed by atoms with van der Waals surface area (Å²) in [5.74, 6) is -1.36. The van der Waals surface area contributed by atoms with E-state index in [9.17, 15) is 18.0 Å². The third-order valence-corrected chi connectivity index (χ3v) is 6.08. The molecular weight excluding hydrogens is 434 g/mol. The van der Waals surface area contributed by atoms with Crippen LogP contribution < -0.4 is 10.0 Å². The molecule has 0 aromatic heterocycles. The zero-order chi connectivity index (χ0) is 23.7. The Kier molecular flexibility index (Phi) is 8.77. The Labute approximate surface area is 186 Å². The van der Waals surface area contributed by atoms with E-state index in [1.165, 1.54) is 12.1 Å². The van der Waals surface area contributed by atoms with Crippen molar-refractivity contribution in [3.8, 4) is 0 Å². The molecule has 1 amide bonds. The van der Waals surface area contributed by atoms with Crippen molar-refractivity contribution >= 4 is 21.9 Å². The van der Waals surface area contributed by atoms with E-state index >= 15 is 0 Å². The van der Waals surface area contributed by atoms with E-state index in [4.69, 9.17) is 10.6 Å². The van der Waals surface area contributed by atoms with E-state index in [1.54, 1.807) is 36.4 Å². The SMILES string of the molecule is CC(C)c1ccc(S(=O)(=O)NCc2ccc(C(=O)N[C@H](CN=[N+]=[N-])CC(=O)O)cc2)cc1. The molecule has 0 unspecified atom stereocenters. The molecule has 0 fully saturated rings. The summed E-state index contributed by atoms with van der Waals surface area (Å²) < 4.78 is 27.5. The van der Waals surface area contributed by atoms with Crippen LogP contribution in [0.15, 0.2) is 58.5 Å². The van der Waals surface area contributed by atoms with Crippen LogP contribution in [0.2, 0.25) is 0 Å². The van der Waals surface area contributed by atoms with Gasteiger partial charge in [0, 0.05) is 29.6 Å². The lowest BCUT2D eigenvalue weighted by Crippen LogP contribution is -2.38. The van der Waals surface area contributed by atoms with Crippen molar-refractivity contribution in [3.63, 3.8) is 0 Å². The zero-order valence-electron chi connectivity index (χ0n) is 17.7. The monoisotopic (exact) mass is 459 g/mol. The summed E-state index contributed by atoms with van der Waals surface area (Å²) in [5.41, 5.74) is 10.3. The molecular formula is C21H25N5O5S. The number of benzene rings is 2. The maximum atomic E-state index is 12.5. The van der Waals surface area contributed by atoms with Gasteiger partial charge in [-0.05, 0) is 46.8 Å². The molecule has 0 radical (unpaired) electrons. The molecule has 0 heterocycles. The second-order valence-electron chi connectivity index (χ2n) is 7.43. The first-order valence-electron chi connectivity index (χ1n) is 9.84. The molecule has 0 aliphatic heterocycles. The van der Waals surface area contributed by atoms with Crippen LogP contribution in [-0.4, -0.2) is 38.0 Å². The lowest BCUT2D eigenvalue weighted by molar-refractivity contribution is -0.137. The Bertz CT molecular complexity index is 1090. The highest BCUT2D eigenvalue weighted by molar-refractivity contribution is 7.89. The molecule has 170 valence electrons. The van der Waals surface area contributed by atoms with E-state index in [0.29, 0.717) is 11.5 Å². The van der Waals surface area contributed by atoms with Crippen molar-refractivity contribution < 1.29 is 23.1 Å². The van der Waals surface area contributed by atoms with Gasteiger partial charge in [0.25, 0.3) is 5.91 Å². The Balaban J connectivity index is 2.00. The number of carbonyl (C=O) groups excluding carboxylic acids is 1. The van der Waals surface area contributed by atoms with Crippen molar-refractivity contribution in [2.45, 2.75) is 43.7 Å². The fraction of sp³-hybridized carbons (Fsp3) is 0.333. The van der Waals surface area contributed by atoms with Gasteiger partial charge in [0.05, 0.1) is 11.3 Å². The number of azide groups is 1. The average Bonchev–Trinajstić information content (AvgIpc) is 2.76. The summed E-state index contributed by atoms with van der Waals surface area (Å²) >= 11 is 0. The van der Waals surface area contributed by atoms with Crippen LogP contribution in [0, 0.1) is 0 Å². The topological polar surface area (TPSA) is 161 Å². The molecule has 32 heavy (non-hydrogen) atoms. The molecule has 2 aromatic carbocycles. The third-order valence-electron chi connectivity index (χ3n) is 4.66. The van der Waals surface area contributed by atoms with Crippen LogP contribution in [0.4, 0.5) is 0 Å². The molecule has 10 nitrogen and oxygen atoms in total. The molecule has 0 saturated heterocycles. The Morgan fingerprint density at radius 2 is 1.72 bits per heavy atom. The average molecular weight is 460 g/mol. The smallest absolute Gasteiger partial charge is 0.305 e. The minimum absolute atomic E-state index is 0.0364. The van der Waals surface area contributed by atoms with Gasteiger partial charge in [-0.25, -0.2) is 13.1 Å². The fourth-order valence-corrected chi connectivity index (χ4v) is 3.86. The highest BCUT2D eigenvalue weighted by Crippen LogP contribution is 2.17. The number of nitrogens with zero attached hydrogens (tertiary/aromatic N) is 3. The zero-order valence-corrected chi connectivity index (χ0v) is 18.5. The predicted molar refractivity (Wildman–Crippen MR) is 119 cm³/mol. The van der Waals surface area contributed by atoms with Crippen molar-refractivity contribution in [1.29, 1.82) is 0 Å². The van der Waals surface area contributed by atoms with Gasteiger partial charge in [0.1, 0.15) is 0 Å². The number of hydrogen-bond acceptors (Lipinski definition) is 5. The lowest BCUT2D eigenvalue weighted by atomic mass is 10.0. The molecule has 11 heteroatoms. The first-order chi connectivity index (χ1) is 15.1. The summed E-state index contributed by atoms with van der Waals surface area (Å²) in [5, 5.41) is 14.7. The van der Waals surface area contributed by atoms with Crippen LogP contribution in [0.25, 0.3) is 10.4 Å². The predicted octanol–water partition coefficient (Wildman–Crippen LogP) is 3.17. The Hall–Kier alpha value is -3.40. The number of nitrogens with one attached hydrogen (secondary N) is 2. The van der Waals surface area contributed by atoms with Crippen LogP contribution >= 0.6 is 0 Å². The molecule has 0 spiro atoms. The molecule has 2 rings (SSSR count). The van der Waals surface area contributed by atoms with Crippen molar-refractivity contribution in [2.24, 2.45) is 5.11 Å². The molecule has 2 aromatic rings. The van der Waals surface area contributed by atoms with Crippen LogP contribution in [-0.2, 0) is 21.4 Å². The standard InChI is InChI=1S/C21H25N5O5S/c1-14(2)16-7-9-19(10-8-16)32(30,31)24-12-15-3-5-17(6-4-15)21(29)25-18(11-20(27)28)13-23-26-22/h3-10,14,18,24H,11-13H2,1-2H3,(H,25,29)(H,27,28)/t18-/m0/s1. The molecule has 0 aliphatic carbocycles.